The Morgan fingerprint density at radius 2 is 2.00 bits per heavy atom. The average Bonchev–Trinajstić information content (AvgIpc) is 2.42. The Kier molecular flexibility index (Phi) is 5.71. The molecule has 19 heavy (non-hydrogen) atoms. The summed E-state index contributed by atoms with van der Waals surface area (Å²) in [5.41, 5.74) is 3.02. The van der Waals surface area contributed by atoms with Crippen LogP contribution in [0.2, 0.25) is 0 Å². The van der Waals surface area contributed by atoms with Gasteiger partial charge in [-0.25, -0.2) is 0 Å². The van der Waals surface area contributed by atoms with Gasteiger partial charge in [-0.2, -0.15) is 0 Å². The highest BCUT2D eigenvalue weighted by Gasteiger charge is 2.15. The van der Waals surface area contributed by atoms with E-state index in [4.69, 9.17) is 0 Å². The number of hydrogen-bond donors (Lipinski definition) is 1. The van der Waals surface area contributed by atoms with E-state index in [1.165, 1.54) is 56.4 Å². The second-order valence-electron chi connectivity index (χ2n) is 5.89. The topological polar surface area (TPSA) is 15.3 Å². The van der Waals surface area contributed by atoms with Crippen molar-refractivity contribution in [2.45, 2.75) is 52.0 Å². The van der Waals surface area contributed by atoms with Crippen LogP contribution < -0.4 is 10.2 Å². The minimum absolute atomic E-state index is 0.619. The van der Waals surface area contributed by atoms with Gasteiger partial charge < -0.3 is 10.2 Å². The molecular weight excluding hydrogens is 232 g/mol. The van der Waals surface area contributed by atoms with E-state index in [1.54, 1.807) is 0 Å². The summed E-state index contributed by atoms with van der Waals surface area (Å²) < 4.78 is 0. The highest BCUT2D eigenvalue weighted by atomic mass is 15.1. The molecule has 0 saturated carbocycles. The zero-order valence-corrected chi connectivity index (χ0v) is 12.5. The quantitative estimate of drug-likeness (QED) is 0.753. The highest BCUT2D eigenvalue weighted by molar-refractivity contribution is 5.55. The molecule has 0 amide bonds. The largest absolute Gasteiger partial charge is 0.371 e. The smallest absolute Gasteiger partial charge is 0.0398 e. The summed E-state index contributed by atoms with van der Waals surface area (Å²) in [5, 5.41) is 3.49. The average molecular weight is 260 g/mol. The number of benzene rings is 1. The lowest BCUT2D eigenvalue weighted by atomic mass is 10.0. The zero-order chi connectivity index (χ0) is 13.5. The molecule has 2 nitrogen and oxygen atoms in total. The predicted octanol–water partition coefficient (Wildman–Crippen LogP) is 3.61. The van der Waals surface area contributed by atoms with Gasteiger partial charge in [-0.3, -0.25) is 0 Å². The van der Waals surface area contributed by atoms with Gasteiger partial charge in [0.2, 0.25) is 0 Å². The Bertz CT molecular complexity index is 373. The van der Waals surface area contributed by atoms with Crippen molar-refractivity contribution in [3.05, 3.63) is 29.8 Å². The fourth-order valence-electron chi connectivity index (χ4n) is 2.84. The number of fused-ring (bicyclic) bond motifs is 1. The second kappa shape index (κ2) is 7.54. The van der Waals surface area contributed by atoms with E-state index < -0.39 is 0 Å². The Labute approximate surface area is 118 Å². The van der Waals surface area contributed by atoms with E-state index in [0.717, 1.165) is 6.54 Å². The number of aryl methyl sites for hydroxylation is 1. The van der Waals surface area contributed by atoms with Crippen molar-refractivity contribution in [2.24, 2.45) is 0 Å². The molecule has 1 aliphatic heterocycles. The summed E-state index contributed by atoms with van der Waals surface area (Å²) in [6.07, 6.45) is 6.51. The molecular formula is C17H28N2. The summed E-state index contributed by atoms with van der Waals surface area (Å²) in [4.78, 5) is 2.58. The molecule has 0 radical (unpaired) electrons. The molecule has 2 heteroatoms. The number of hydrogen-bond acceptors (Lipinski definition) is 2. The van der Waals surface area contributed by atoms with Crippen LogP contribution in [0.1, 0.15) is 45.1 Å². The number of para-hydroxylation sites is 1. The Hall–Kier alpha value is -1.02. The van der Waals surface area contributed by atoms with Crippen LogP contribution in [0.5, 0.6) is 0 Å². The van der Waals surface area contributed by atoms with Crippen LogP contribution in [0.15, 0.2) is 24.3 Å². The third-order valence-electron chi connectivity index (χ3n) is 3.86. The molecule has 0 saturated heterocycles. The fraction of sp³-hybridized carbons (Fsp3) is 0.647. The Morgan fingerprint density at radius 3 is 2.84 bits per heavy atom. The van der Waals surface area contributed by atoms with Gasteiger partial charge >= 0.3 is 0 Å². The van der Waals surface area contributed by atoms with E-state index in [1.807, 2.05) is 0 Å². The molecule has 1 aromatic carbocycles. The molecule has 1 N–H and O–H groups in total. The summed E-state index contributed by atoms with van der Waals surface area (Å²) >= 11 is 0. The standard InChI is InChI=1S/C17H28N2/c1-15(2)18-12-6-3-7-13-19-14-8-10-16-9-4-5-11-17(16)19/h4-5,9,11,15,18H,3,6-8,10,12-14H2,1-2H3. The lowest BCUT2D eigenvalue weighted by Gasteiger charge is -2.31. The predicted molar refractivity (Wildman–Crippen MR) is 84.0 cm³/mol. The SMILES string of the molecule is CC(C)NCCCCCN1CCCc2ccccc21. The minimum Gasteiger partial charge on any atom is -0.371 e. The van der Waals surface area contributed by atoms with E-state index in [0.29, 0.717) is 6.04 Å². The first-order chi connectivity index (χ1) is 9.27. The maximum atomic E-state index is 3.49. The summed E-state index contributed by atoms with van der Waals surface area (Å²) in [5.74, 6) is 0. The van der Waals surface area contributed by atoms with Crippen molar-refractivity contribution in [1.82, 2.24) is 5.32 Å². The zero-order valence-electron chi connectivity index (χ0n) is 12.5. The van der Waals surface area contributed by atoms with Crippen LogP contribution in [-0.4, -0.2) is 25.7 Å². The van der Waals surface area contributed by atoms with Crippen molar-refractivity contribution < 1.29 is 0 Å². The number of anilines is 1. The molecule has 0 bridgehead atoms. The lowest BCUT2D eigenvalue weighted by Crippen LogP contribution is -2.30. The van der Waals surface area contributed by atoms with E-state index in [-0.39, 0.29) is 0 Å². The number of nitrogens with one attached hydrogen (secondary N) is 1. The molecule has 1 aromatic rings. The maximum Gasteiger partial charge on any atom is 0.0398 e. The van der Waals surface area contributed by atoms with Crippen LogP contribution in [0, 0.1) is 0 Å². The molecule has 0 atom stereocenters. The Balaban J connectivity index is 1.70. The second-order valence-corrected chi connectivity index (χ2v) is 5.89. The molecule has 1 heterocycles. The van der Waals surface area contributed by atoms with E-state index in [2.05, 4.69) is 48.3 Å². The monoisotopic (exact) mass is 260 g/mol. The highest BCUT2D eigenvalue weighted by Crippen LogP contribution is 2.26. The number of unbranched alkanes of at least 4 members (excludes halogenated alkanes) is 2. The molecule has 0 unspecified atom stereocenters. The van der Waals surface area contributed by atoms with Crippen molar-refractivity contribution in [3.63, 3.8) is 0 Å². The van der Waals surface area contributed by atoms with Gasteiger partial charge in [0, 0.05) is 24.8 Å². The fourth-order valence-corrected chi connectivity index (χ4v) is 2.84. The van der Waals surface area contributed by atoms with Crippen molar-refractivity contribution in [1.29, 1.82) is 0 Å². The molecule has 0 fully saturated rings. The van der Waals surface area contributed by atoms with Crippen LogP contribution >= 0.6 is 0 Å². The number of nitrogens with zero attached hydrogens (tertiary/aromatic N) is 1. The van der Waals surface area contributed by atoms with Gasteiger partial charge in [0.25, 0.3) is 0 Å². The molecule has 0 aromatic heterocycles. The third kappa shape index (κ3) is 4.54. The lowest BCUT2D eigenvalue weighted by molar-refractivity contribution is 0.543. The van der Waals surface area contributed by atoms with Crippen LogP contribution in [0.4, 0.5) is 5.69 Å². The van der Waals surface area contributed by atoms with Gasteiger partial charge in [-0.05, 0) is 43.9 Å². The summed E-state index contributed by atoms with van der Waals surface area (Å²) in [7, 11) is 0. The molecule has 2 rings (SSSR count). The van der Waals surface area contributed by atoms with Crippen molar-refractivity contribution >= 4 is 5.69 Å². The first-order valence-electron chi connectivity index (χ1n) is 7.83. The van der Waals surface area contributed by atoms with Gasteiger partial charge in [0.15, 0.2) is 0 Å². The number of rotatable bonds is 7. The van der Waals surface area contributed by atoms with E-state index in [9.17, 15) is 0 Å². The van der Waals surface area contributed by atoms with Crippen LogP contribution in [0.3, 0.4) is 0 Å². The van der Waals surface area contributed by atoms with Crippen LogP contribution in [-0.2, 0) is 6.42 Å². The molecule has 1 aliphatic rings. The van der Waals surface area contributed by atoms with Gasteiger partial charge in [-0.15, -0.1) is 0 Å². The van der Waals surface area contributed by atoms with Crippen molar-refractivity contribution in [3.8, 4) is 0 Å². The normalized spacial score (nSPS) is 14.8. The molecule has 0 aliphatic carbocycles. The van der Waals surface area contributed by atoms with Gasteiger partial charge in [-0.1, -0.05) is 38.5 Å². The van der Waals surface area contributed by atoms with Gasteiger partial charge in [0.05, 0.1) is 0 Å². The molecule has 106 valence electrons. The van der Waals surface area contributed by atoms with Crippen LogP contribution in [0.25, 0.3) is 0 Å². The third-order valence-corrected chi connectivity index (χ3v) is 3.86. The molecule has 0 spiro atoms. The summed E-state index contributed by atoms with van der Waals surface area (Å²) in [6, 6.07) is 9.53. The van der Waals surface area contributed by atoms with E-state index >= 15 is 0 Å². The first-order valence-corrected chi connectivity index (χ1v) is 7.83. The van der Waals surface area contributed by atoms with Crippen molar-refractivity contribution in [2.75, 3.05) is 24.5 Å². The summed E-state index contributed by atoms with van der Waals surface area (Å²) in [6.45, 7) is 8.05. The maximum absolute atomic E-state index is 3.49. The minimum atomic E-state index is 0.619. The van der Waals surface area contributed by atoms with Gasteiger partial charge in [0.1, 0.15) is 0 Å². The Morgan fingerprint density at radius 1 is 1.16 bits per heavy atom. The first kappa shape index (κ1) is 14.4.